The van der Waals surface area contributed by atoms with E-state index in [9.17, 15) is 8.78 Å². The van der Waals surface area contributed by atoms with Crippen LogP contribution in [0.2, 0.25) is 0 Å². The minimum absolute atomic E-state index is 0.0170. The molecule has 1 aromatic rings. The Bertz CT molecular complexity index is 509. The molecule has 0 saturated heterocycles. The molecular weight excluding hydrogens is 324 g/mol. The molecule has 0 aliphatic heterocycles. The molecule has 1 atom stereocenters. The van der Waals surface area contributed by atoms with E-state index in [1.807, 2.05) is 13.8 Å². The molecule has 1 aromatic carbocycles. The topological polar surface area (TPSA) is 12.4 Å². The first-order chi connectivity index (χ1) is 9.38. The molecule has 0 aliphatic rings. The lowest BCUT2D eigenvalue weighted by Gasteiger charge is -2.22. The van der Waals surface area contributed by atoms with E-state index in [4.69, 9.17) is 0 Å². The van der Waals surface area contributed by atoms with Crippen LogP contribution in [0.3, 0.4) is 0 Å². The third kappa shape index (κ3) is 3.54. The zero-order valence-electron chi connectivity index (χ0n) is 12.1. The minimum atomic E-state index is -2.88. The van der Waals surface area contributed by atoms with E-state index in [0.29, 0.717) is 5.69 Å². The highest BCUT2D eigenvalue weighted by Crippen LogP contribution is 2.44. The molecule has 0 amide bonds. The molecule has 0 aliphatic carbocycles. The smallest absolute Gasteiger partial charge is 0.256 e. The fourth-order valence-electron chi connectivity index (χ4n) is 2.01. The van der Waals surface area contributed by atoms with Gasteiger partial charge in [0, 0.05) is 22.7 Å². The van der Waals surface area contributed by atoms with Crippen molar-refractivity contribution in [2.75, 3.05) is 0 Å². The first kappa shape index (κ1) is 17.0. The van der Waals surface area contributed by atoms with Crippen molar-refractivity contribution in [2.45, 2.75) is 45.5 Å². The quantitative estimate of drug-likeness (QED) is 0.533. The molecule has 20 heavy (non-hydrogen) atoms. The highest BCUT2D eigenvalue weighted by atomic mass is 79.9. The van der Waals surface area contributed by atoms with Gasteiger partial charge in [0.1, 0.15) is 0 Å². The molecule has 4 heteroatoms. The summed E-state index contributed by atoms with van der Waals surface area (Å²) >= 11 is 3.46. The van der Waals surface area contributed by atoms with Crippen LogP contribution < -0.4 is 0 Å². The van der Waals surface area contributed by atoms with Gasteiger partial charge in [-0.05, 0) is 30.0 Å². The number of halogens is 3. The van der Waals surface area contributed by atoms with Crippen molar-refractivity contribution in [2.24, 2.45) is 4.99 Å². The zero-order valence-corrected chi connectivity index (χ0v) is 13.7. The summed E-state index contributed by atoms with van der Waals surface area (Å²) in [5.41, 5.74) is 1.17. The van der Waals surface area contributed by atoms with E-state index >= 15 is 0 Å². The second kappa shape index (κ2) is 7.11. The highest BCUT2D eigenvalue weighted by molar-refractivity contribution is 9.10. The van der Waals surface area contributed by atoms with Crippen molar-refractivity contribution in [1.82, 2.24) is 0 Å². The van der Waals surface area contributed by atoms with Gasteiger partial charge in [0.15, 0.2) is 0 Å². The molecule has 0 aromatic heterocycles. The van der Waals surface area contributed by atoms with Crippen LogP contribution in [0.5, 0.6) is 0 Å². The van der Waals surface area contributed by atoms with Crippen molar-refractivity contribution in [3.8, 4) is 0 Å². The number of aliphatic imine (C=N–C) groups is 1. The van der Waals surface area contributed by atoms with Crippen LogP contribution in [0.1, 0.15) is 50.7 Å². The zero-order chi connectivity index (χ0) is 15.3. The van der Waals surface area contributed by atoms with Gasteiger partial charge in [-0.1, -0.05) is 49.4 Å². The van der Waals surface area contributed by atoms with Gasteiger partial charge in [-0.2, -0.15) is 0 Å². The Balaban J connectivity index is 3.61. The van der Waals surface area contributed by atoms with Crippen LogP contribution in [-0.4, -0.2) is 6.21 Å². The number of hydrogen-bond donors (Lipinski definition) is 0. The Hall–Kier alpha value is -1.03. The van der Waals surface area contributed by atoms with Crippen molar-refractivity contribution < 1.29 is 8.78 Å². The standard InChI is InChI=1S/C16H20BrF2N/c1-5-10-20-15-12(16(18,19)7-3)8-9-13(17)14(15)11(4)6-2/h5,8-11H,1,6-7H2,2-4H3. The van der Waals surface area contributed by atoms with Crippen LogP contribution in [0, 0.1) is 0 Å². The van der Waals surface area contributed by atoms with E-state index < -0.39 is 5.92 Å². The average molecular weight is 344 g/mol. The largest absolute Gasteiger partial charge is 0.275 e. The molecule has 110 valence electrons. The van der Waals surface area contributed by atoms with Crippen molar-refractivity contribution in [1.29, 1.82) is 0 Å². The molecule has 1 nitrogen and oxygen atoms in total. The van der Waals surface area contributed by atoms with Crippen molar-refractivity contribution >= 4 is 27.8 Å². The van der Waals surface area contributed by atoms with Gasteiger partial charge >= 0.3 is 0 Å². The lowest BCUT2D eigenvalue weighted by molar-refractivity contribution is -0.00771. The van der Waals surface area contributed by atoms with Gasteiger partial charge in [0.25, 0.3) is 5.92 Å². The monoisotopic (exact) mass is 343 g/mol. The summed E-state index contributed by atoms with van der Waals surface area (Å²) in [5, 5.41) is 0. The molecule has 0 fully saturated rings. The molecule has 0 spiro atoms. The first-order valence-electron chi connectivity index (χ1n) is 6.74. The summed E-state index contributed by atoms with van der Waals surface area (Å²) in [6, 6.07) is 3.14. The molecule has 1 rings (SSSR count). The average Bonchev–Trinajstić information content (AvgIpc) is 2.43. The number of nitrogens with zero attached hydrogens (tertiary/aromatic N) is 1. The SMILES string of the molecule is C=CC=Nc1c(C(F)(F)CC)ccc(Br)c1C(C)CC. The molecule has 0 N–H and O–H groups in total. The minimum Gasteiger partial charge on any atom is -0.256 e. The lowest BCUT2D eigenvalue weighted by atomic mass is 9.92. The molecular formula is C16H20BrF2N. The summed E-state index contributed by atoms with van der Waals surface area (Å²) in [4.78, 5) is 4.22. The summed E-state index contributed by atoms with van der Waals surface area (Å²) in [6.07, 6.45) is 3.57. The van der Waals surface area contributed by atoms with Gasteiger partial charge in [0.2, 0.25) is 0 Å². The van der Waals surface area contributed by atoms with E-state index in [1.165, 1.54) is 25.3 Å². The number of hydrogen-bond acceptors (Lipinski definition) is 1. The number of alkyl halides is 2. The number of rotatable bonds is 6. The Morgan fingerprint density at radius 3 is 2.55 bits per heavy atom. The molecule has 0 saturated carbocycles. The molecule has 0 heterocycles. The Morgan fingerprint density at radius 1 is 1.40 bits per heavy atom. The van der Waals surface area contributed by atoms with Crippen LogP contribution in [-0.2, 0) is 5.92 Å². The fourth-order valence-corrected chi connectivity index (χ4v) is 2.72. The van der Waals surface area contributed by atoms with Gasteiger partial charge in [-0.15, -0.1) is 0 Å². The van der Waals surface area contributed by atoms with E-state index in [1.54, 1.807) is 6.07 Å². The molecule has 0 bridgehead atoms. The highest BCUT2D eigenvalue weighted by Gasteiger charge is 2.33. The number of allylic oxidation sites excluding steroid dienone is 1. The second-order valence-corrected chi connectivity index (χ2v) is 5.59. The number of benzene rings is 1. The molecule has 0 radical (unpaired) electrons. The summed E-state index contributed by atoms with van der Waals surface area (Å²) in [5.74, 6) is -2.73. The second-order valence-electron chi connectivity index (χ2n) is 4.74. The van der Waals surface area contributed by atoms with E-state index in [0.717, 1.165) is 16.5 Å². The van der Waals surface area contributed by atoms with Gasteiger partial charge in [-0.25, -0.2) is 8.78 Å². The third-order valence-electron chi connectivity index (χ3n) is 3.42. The Kier molecular flexibility index (Phi) is 6.06. The summed E-state index contributed by atoms with van der Waals surface area (Å²) in [6.45, 7) is 9.08. The predicted octanol–water partition coefficient (Wildman–Crippen LogP) is 6.35. The third-order valence-corrected chi connectivity index (χ3v) is 4.11. The summed E-state index contributed by atoms with van der Waals surface area (Å²) in [7, 11) is 0. The Labute approximate surface area is 127 Å². The predicted molar refractivity (Wildman–Crippen MR) is 85.4 cm³/mol. The van der Waals surface area contributed by atoms with Crippen LogP contribution in [0.4, 0.5) is 14.5 Å². The maximum Gasteiger partial charge on any atom is 0.275 e. The van der Waals surface area contributed by atoms with Gasteiger partial charge < -0.3 is 0 Å². The fraction of sp³-hybridized carbons (Fsp3) is 0.438. The molecule has 1 unspecified atom stereocenters. The van der Waals surface area contributed by atoms with Crippen LogP contribution in [0.25, 0.3) is 0 Å². The summed E-state index contributed by atoms with van der Waals surface area (Å²) < 4.78 is 29.1. The maximum absolute atomic E-state index is 14.1. The first-order valence-corrected chi connectivity index (χ1v) is 7.54. The van der Waals surface area contributed by atoms with Gasteiger partial charge in [0.05, 0.1) is 5.69 Å². The van der Waals surface area contributed by atoms with Crippen molar-refractivity contribution in [3.63, 3.8) is 0 Å². The lowest BCUT2D eigenvalue weighted by Crippen LogP contribution is -2.13. The van der Waals surface area contributed by atoms with Crippen molar-refractivity contribution in [3.05, 3.63) is 40.4 Å². The maximum atomic E-state index is 14.1. The van der Waals surface area contributed by atoms with Crippen LogP contribution >= 0.6 is 15.9 Å². The van der Waals surface area contributed by atoms with E-state index in [-0.39, 0.29) is 17.9 Å². The Morgan fingerprint density at radius 2 is 2.05 bits per heavy atom. The normalized spacial score (nSPS) is 13.7. The van der Waals surface area contributed by atoms with Gasteiger partial charge in [-0.3, -0.25) is 4.99 Å². The van der Waals surface area contributed by atoms with E-state index in [2.05, 4.69) is 27.5 Å². The van der Waals surface area contributed by atoms with Crippen LogP contribution in [0.15, 0.2) is 34.3 Å².